The summed E-state index contributed by atoms with van der Waals surface area (Å²) in [6.07, 6.45) is 8.92. The van der Waals surface area contributed by atoms with Gasteiger partial charge in [0.25, 0.3) is 0 Å². The Morgan fingerprint density at radius 3 is 3.27 bits per heavy atom. The molecule has 3 heteroatoms. The summed E-state index contributed by atoms with van der Waals surface area (Å²) in [5.41, 5.74) is 1.36. The molecule has 1 aromatic heterocycles. The third-order valence-electron chi connectivity index (χ3n) is 2.78. The number of nitrogens with one attached hydrogen (secondary N) is 1. The van der Waals surface area contributed by atoms with Crippen LogP contribution in [0.2, 0.25) is 4.34 Å². The van der Waals surface area contributed by atoms with Gasteiger partial charge in [0, 0.05) is 10.9 Å². The van der Waals surface area contributed by atoms with E-state index in [0.29, 0.717) is 6.04 Å². The molecule has 0 saturated carbocycles. The zero-order chi connectivity index (χ0) is 10.8. The van der Waals surface area contributed by atoms with Crippen LogP contribution >= 0.6 is 22.9 Å². The highest BCUT2D eigenvalue weighted by Crippen LogP contribution is 2.37. The number of thiophene rings is 1. The zero-order valence-electron chi connectivity index (χ0n) is 8.72. The lowest BCUT2D eigenvalue weighted by Crippen LogP contribution is -2.31. The van der Waals surface area contributed by atoms with Gasteiger partial charge in [-0.25, -0.2) is 0 Å². The lowest BCUT2D eigenvalue weighted by molar-refractivity contribution is 0.448. The number of hydrogen-bond acceptors (Lipinski definition) is 2. The molecule has 0 spiro atoms. The third-order valence-corrected chi connectivity index (χ3v) is 4.12. The molecule has 15 heavy (non-hydrogen) atoms. The number of terminal acetylenes is 1. The standard InChI is InChI=1S/C12H14ClNS/c1-3-8(2)14-10-5-4-6-11-9(10)7-12(13)15-11/h1,7-8,10,14H,4-6H2,2H3. The Hall–Kier alpha value is -0.490. The van der Waals surface area contributed by atoms with Gasteiger partial charge in [-0.2, -0.15) is 0 Å². The van der Waals surface area contributed by atoms with Crippen LogP contribution in [0.15, 0.2) is 6.07 Å². The van der Waals surface area contributed by atoms with Crippen LogP contribution in [0.4, 0.5) is 0 Å². The van der Waals surface area contributed by atoms with Crippen molar-refractivity contribution in [1.29, 1.82) is 0 Å². The molecule has 2 unspecified atom stereocenters. The maximum absolute atomic E-state index is 6.04. The largest absolute Gasteiger partial charge is 0.297 e. The first kappa shape index (κ1) is 11.0. The third kappa shape index (κ3) is 2.36. The summed E-state index contributed by atoms with van der Waals surface area (Å²) in [5, 5.41) is 3.45. The molecule has 2 atom stereocenters. The van der Waals surface area contributed by atoms with Crippen molar-refractivity contribution in [3.8, 4) is 12.3 Å². The molecule has 0 fully saturated rings. The summed E-state index contributed by atoms with van der Waals surface area (Å²) < 4.78 is 0.891. The van der Waals surface area contributed by atoms with E-state index >= 15 is 0 Å². The Labute approximate surface area is 99.8 Å². The Bertz CT molecular complexity index is 391. The van der Waals surface area contributed by atoms with Crippen LogP contribution in [0.25, 0.3) is 0 Å². The summed E-state index contributed by atoms with van der Waals surface area (Å²) in [6.45, 7) is 2.02. The number of rotatable bonds is 2. The second-order valence-electron chi connectivity index (χ2n) is 3.93. The van der Waals surface area contributed by atoms with Gasteiger partial charge in [-0.1, -0.05) is 17.5 Å². The number of fused-ring (bicyclic) bond motifs is 1. The molecule has 1 aliphatic carbocycles. The van der Waals surface area contributed by atoms with Crippen LogP contribution in [-0.2, 0) is 6.42 Å². The first-order valence-corrected chi connectivity index (χ1v) is 6.40. The van der Waals surface area contributed by atoms with Crippen LogP contribution in [0.1, 0.15) is 36.2 Å². The Morgan fingerprint density at radius 2 is 2.53 bits per heavy atom. The first-order valence-electron chi connectivity index (χ1n) is 5.21. The van der Waals surface area contributed by atoms with Gasteiger partial charge in [-0.15, -0.1) is 17.8 Å². The monoisotopic (exact) mass is 239 g/mol. The van der Waals surface area contributed by atoms with Gasteiger partial charge in [-0.3, -0.25) is 5.32 Å². The molecular weight excluding hydrogens is 226 g/mol. The molecule has 0 aromatic carbocycles. The highest BCUT2D eigenvalue weighted by molar-refractivity contribution is 7.16. The van der Waals surface area contributed by atoms with E-state index in [9.17, 15) is 0 Å². The topological polar surface area (TPSA) is 12.0 Å². The Balaban J connectivity index is 2.19. The summed E-state index contributed by atoms with van der Waals surface area (Å²) in [7, 11) is 0. The minimum Gasteiger partial charge on any atom is -0.297 e. The molecule has 1 aliphatic rings. The smallest absolute Gasteiger partial charge is 0.0934 e. The van der Waals surface area contributed by atoms with Crippen molar-refractivity contribution in [3.63, 3.8) is 0 Å². The average Bonchev–Trinajstić information content (AvgIpc) is 2.59. The van der Waals surface area contributed by atoms with Gasteiger partial charge in [0.05, 0.1) is 10.4 Å². The number of aryl methyl sites for hydroxylation is 1. The SMILES string of the molecule is C#CC(C)NC1CCCc2sc(Cl)cc21. The lowest BCUT2D eigenvalue weighted by Gasteiger charge is -2.25. The van der Waals surface area contributed by atoms with Crippen molar-refractivity contribution in [2.45, 2.75) is 38.3 Å². The van der Waals surface area contributed by atoms with Crippen molar-refractivity contribution in [2.24, 2.45) is 0 Å². The average molecular weight is 240 g/mol. The van der Waals surface area contributed by atoms with Crippen molar-refractivity contribution in [2.75, 3.05) is 0 Å². The predicted molar refractivity (Wildman–Crippen MR) is 66.4 cm³/mol. The molecule has 1 nitrogen and oxygen atoms in total. The van der Waals surface area contributed by atoms with Crippen LogP contribution in [0.3, 0.4) is 0 Å². The van der Waals surface area contributed by atoms with Crippen molar-refractivity contribution in [3.05, 3.63) is 20.8 Å². The summed E-state index contributed by atoms with van der Waals surface area (Å²) in [5.74, 6) is 2.71. The fraction of sp³-hybridized carbons (Fsp3) is 0.500. The normalized spacial score (nSPS) is 21.8. The van der Waals surface area contributed by atoms with Crippen LogP contribution in [0, 0.1) is 12.3 Å². The van der Waals surface area contributed by atoms with E-state index in [1.807, 2.05) is 6.92 Å². The maximum atomic E-state index is 6.04. The molecule has 1 aromatic rings. The predicted octanol–water partition coefficient (Wildman–Crippen LogP) is 3.39. The zero-order valence-corrected chi connectivity index (χ0v) is 10.3. The Morgan fingerprint density at radius 1 is 1.73 bits per heavy atom. The van der Waals surface area contributed by atoms with Gasteiger partial charge in [0.1, 0.15) is 0 Å². The quantitative estimate of drug-likeness (QED) is 0.781. The molecule has 0 aliphatic heterocycles. The highest BCUT2D eigenvalue weighted by Gasteiger charge is 2.23. The maximum Gasteiger partial charge on any atom is 0.0934 e. The van der Waals surface area contributed by atoms with E-state index in [0.717, 1.165) is 17.2 Å². The molecule has 2 rings (SSSR count). The highest BCUT2D eigenvalue weighted by atomic mass is 35.5. The molecule has 1 N–H and O–H groups in total. The summed E-state index contributed by atoms with van der Waals surface area (Å²) in [4.78, 5) is 1.42. The second kappa shape index (κ2) is 4.57. The molecule has 0 radical (unpaired) electrons. The van der Waals surface area contributed by atoms with Crippen LogP contribution < -0.4 is 5.32 Å². The van der Waals surface area contributed by atoms with Crippen molar-refractivity contribution < 1.29 is 0 Å². The molecule has 0 amide bonds. The van der Waals surface area contributed by atoms with Crippen molar-refractivity contribution in [1.82, 2.24) is 5.32 Å². The first-order chi connectivity index (χ1) is 7.20. The fourth-order valence-electron chi connectivity index (χ4n) is 2.04. The van der Waals surface area contributed by atoms with E-state index in [-0.39, 0.29) is 6.04 Å². The van der Waals surface area contributed by atoms with Crippen LogP contribution in [0.5, 0.6) is 0 Å². The second-order valence-corrected chi connectivity index (χ2v) is 5.70. The fourth-order valence-corrected chi connectivity index (χ4v) is 3.43. The van der Waals surface area contributed by atoms with E-state index in [4.69, 9.17) is 18.0 Å². The molecule has 1 heterocycles. The number of hydrogen-bond donors (Lipinski definition) is 1. The molecule has 0 bridgehead atoms. The Kier molecular flexibility index (Phi) is 3.35. The van der Waals surface area contributed by atoms with Gasteiger partial charge >= 0.3 is 0 Å². The summed E-state index contributed by atoms with van der Waals surface area (Å²) in [6, 6.07) is 2.60. The van der Waals surface area contributed by atoms with E-state index in [1.165, 1.54) is 16.9 Å². The van der Waals surface area contributed by atoms with Gasteiger partial charge < -0.3 is 0 Å². The van der Waals surface area contributed by atoms with Gasteiger partial charge in [0.15, 0.2) is 0 Å². The number of halogens is 1. The van der Waals surface area contributed by atoms with Crippen LogP contribution in [-0.4, -0.2) is 6.04 Å². The lowest BCUT2D eigenvalue weighted by atomic mass is 9.93. The minimum absolute atomic E-state index is 0.125. The van der Waals surface area contributed by atoms with E-state index in [1.54, 1.807) is 11.3 Å². The molecule has 80 valence electrons. The molecular formula is C12H14ClNS. The molecule has 0 saturated heterocycles. The minimum atomic E-state index is 0.125. The van der Waals surface area contributed by atoms with E-state index in [2.05, 4.69) is 17.3 Å². The van der Waals surface area contributed by atoms with E-state index < -0.39 is 0 Å². The van der Waals surface area contributed by atoms with Gasteiger partial charge in [0.2, 0.25) is 0 Å². The summed E-state index contributed by atoms with van der Waals surface area (Å²) >= 11 is 7.74. The van der Waals surface area contributed by atoms with Gasteiger partial charge in [-0.05, 0) is 37.8 Å². The van der Waals surface area contributed by atoms with Crippen molar-refractivity contribution >= 4 is 22.9 Å².